The predicted octanol–water partition coefficient (Wildman–Crippen LogP) is 2.55. The van der Waals surface area contributed by atoms with Crippen molar-refractivity contribution in [3.05, 3.63) is 41.8 Å². The second-order valence-electron chi connectivity index (χ2n) is 7.68. The highest BCUT2D eigenvalue weighted by Gasteiger charge is 2.33. The lowest BCUT2D eigenvalue weighted by Gasteiger charge is -2.40. The van der Waals surface area contributed by atoms with Crippen LogP contribution in [0.15, 0.2) is 30.5 Å². The molecule has 3 aliphatic heterocycles. The summed E-state index contributed by atoms with van der Waals surface area (Å²) in [6.07, 6.45) is 8.61. The smallest absolute Gasteiger partial charge is 0.272 e. The van der Waals surface area contributed by atoms with Gasteiger partial charge in [-0.25, -0.2) is 0 Å². The van der Waals surface area contributed by atoms with Gasteiger partial charge in [0.1, 0.15) is 0 Å². The Morgan fingerprint density at radius 2 is 2.27 bits per heavy atom. The van der Waals surface area contributed by atoms with E-state index in [0.29, 0.717) is 12.3 Å². The van der Waals surface area contributed by atoms with Gasteiger partial charge in [0.25, 0.3) is 5.91 Å². The Hall–Kier alpha value is -2.34. The highest BCUT2D eigenvalue weighted by molar-refractivity contribution is 6.05. The van der Waals surface area contributed by atoms with E-state index in [4.69, 9.17) is 4.74 Å². The van der Waals surface area contributed by atoms with E-state index in [2.05, 4.69) is 38.6 Å². The summed E-state index contributed by atoms with van der Waals surface area (Å²) in [6, 6.07) is 7.09. The maximum atomic E-state index is 12.9. The summed E-state index contributed by atoms with van der Waals surface area (Å²) < 4.78 is 5.33. The first kappa shape index (κ1) is 15.9. The number of H-pyrrole nitrogens is 1. The normalized spacial score (nSPS) is 28.2. The fraction of sp³-hybridized carbons (Fsp3) is 0.500. The summed E-state index contributed by atoms with van der Waals surface area (Å²) in [4.78, 5) is 15.4. The van der Waals surface area contributed by atoms with Crippen molar-refractivity contribution in [3.8, 4) is 0 Å². The SMILES string of the molecule is O=C(N[C@H]1CCCC2CCN2C1)c1n[nH]c2ccc(C3C=COC3)cc12. The number of nitrogens with zero attached hydrogens (tertiary/aromatic N) is 2. The van der Waals surface area contributed by atoms with Crippen LogP contribution in [0.1, 0.15) is 47.7 Å². The molecule has 2 saturated heterocycles. The van der Waals surface area contributed by atoms with Crippen LogP contribution in [0.2, 0.25) is 0 Å². The van der Waals surface area contributed by atoms with Crippen molar-refractivity contribution in [1.29, 1.82) is 0 Å². The Morgan fingerprint density at radius 1 is 1.31 bits per heavy atom. The average molecular weight is 352 g/mol. The van der Waals surface area contributed by atoms with Gasteiger partial charge in [-0.3, -0.25) is 14.8 Å². The second-order valence-corrected chi connectivity index (χ2v) is 7.68. The van der Waals surface area contributed by atoms with Gasteiger partial charge in [0.2, 0.25) is 0 Å². The number of aromatic nitrogens is 2. The van der Waals surface area contributed by atoms with Crippen LogP contribution >= 0.6 is 0 Å². The molecule has 1 aromatic heterocycles. The fourth-order valence-electron chi connectivity index (χ4n) is 4.42. The number of carbonyl (C=O) groups excluding carboxylic acids is 1. The molecule has 6 heteroatoms. The number of nitrogens with one attached hydrogen (secondary N) is 2. The zero-order valence-electron chi connectivity index (χ0n) is 14.8. The molecule has 2 fully saturated rings. The summed E-state index contributed by atoms with van der Waals surface area (Å²) in [7, 11) is 0. The molecule has 0 aliphatic carbocycles. The van der Waals surface area contributed by atoms with Gasteiger partial charge in [0.05, 0.1) is 18.4 Å². The molecule has 2 aromatic rings. The average Bonchev–Trinajstić information content (AvgIpc) is 3.28. The molecule has 136 valence electrons. The van der Waals surface area contributed by atoms with E-state index in [-0.39, 0.29) is 17.9 Å². The topological polar surface area (TPSA) is 70.2 Å². The summed E-state index contributed by atoms with van der Waals surface area (Å²) >= 11 is 0. The number of rotatable bonds is 3. The summed E-state index contributed by atoms with van der Waals surface area (Å²) in [6.45, 7) is 2.79. The van der Waals surface area contributed by atoms with Crippen LogP contribution in [0.25, 0.3) is 10.9 Å². The van der Waals surface area contributed by atoms with E-state index in [1.807, 2.05) is 6.07 Å². The van der Waals surface area contributed by atoms with Crippen LogP contribution in [-0.4, -0.2) is 52.8 Å². The van der Waals surface area contributed by atoms with E-state index in [1.165, 1.54) is 25.8 Å². The standard InChI is InChI=1S/C20H24N4O2/c25-20(21-15-2-1-3-16-6-8-24(16)11-15)19-17-10-13(14-7-9-26-12-14)4-5-18(17)22-23-19/h4-5,7,9-10,14-16H,1-3,6,8,11-12H2,(H,21,25)(H,22,23)/t14?,15-,16?/m0/s1. The molecule has 0 spiro atoms. The summed E-state index contributed by atoms with van der Waals surface area (Å²) in [5, 5.41) is 11.4. The van der Waals surface area contributed by atoms with Crippen LogP contribution in [0, 0.1) is 0 Å². The zero-order chi connectivity index (χ0) is 17.5. The molecule has 3 aliphatic rings. The minimum Gasteiger partial charge on any atom is -0.501 e. The van der Waals surface area contributed by atoms with Crippen molar-refractivity contribution in [3.63, 3.8) is 0 Å². The van der Waals surface area contributed by atoms with Gasteiger partial charge in [-0.1, -0.05) is 6.07 Å². The Labute approximate surface area is 152 Å². The van der Waals surface area contributed by atoms with Crippen molar-refractivity contribution < 1.29 is 9.53 Å². The molecule has 4 heterocycles. The first-order valence-corrected chi connectivity index (χ1v) is 9.59. The number of amides is 1. The zero-order valence-corrected chi connectivity index (χ0v) is 14.8. The lowest BCUT2D eigenvalue weighted by Crippen LogP contribution is -2.52. The Balaban J connectivity index is 1.36. The third kappa shape index (κ3) is 2.78. The first-order chi connectivity index (χ1) is 12.8. The molecule has 6 nitrogen and oxygen atoms in total. The summed E-state index contributed by atoms with van der Waals surface area (Å²) in [5.74, 6) is 0.172. The second kappa shape index (κ2) is 6.43. The molecule has 0 saturated carbocycles. The van der Waals surface area contributed by atoms with Crippen molar-refractivity contribution in [2.75, 3.05) is 19.7 Å². The van der Waals surface area contributed by atoms with Crippen molar-refractivity contribution in [1.82, 2.24) is 20.4 Å². The Morgan fingerprint density at radius 3 is 3.08 bits per heavy atom. The minimum atomic E-state index is -0.0735. The maximum Gasteiger partial charge on any atom is 0.272 e. The molecule has 0 bridgehead atoms. The van der Waals surface area contributed by atoms with Gasteiger partial charge in [0.15, 0.2) is 5.69 Å². The Bertz CT molecular complexity index is 859. The third-order valence-electron chi connectivity index (χ3n) is 6.06. The number of hydrogen-bond donors (Lipinski definition) is 2. The quantitative estimate of drug-likeness (QED) is 0.891. The number of hydrogen-bond acceptors (Lipinski definition) is 4. The lowest BCUT2D eigenvalue weighted by molar-refractivity contribution is 0.0787. The third-order valence-corrected chi connectivity index (χ3v) is 6.06. The number of fused-ring (bicyclic) bond motifs is 2. The number of carbonyl (C=O) groups is 1. The van der Waals surface area contributed by atoms with Crippen LogP contribution < -0.4 is 5.32 Å². The highest BCUT2D eigenvalue weighted by Crippen LogP contribution is 2.28. The Kier molecular flexibility index (Phi) is 3.93. The van der Waals surface area contributed by atoms with E-state index in [9.17, 15) is 4.79 Å². The van der Waals surface area contributed by atoms with Gasteiger partial charge in [0, 0.05) is 29.9 Å². The number of aromatic amines is 1. The van der Waals surface area contributed by atoms with Gasteiger partial charge >= 0.3 is 0 Å². The molecule has 5 rings (SSSR count). The van der Waals surface area contributed by atoms with Gasteiger partial charge < -0.3 is 10.1 Å². The van der Waals surface area contributed by atoms with E-state index >= 15 is 0 Å². The number of benzene rings is 1. The number of ether oxygens (including phenoxy) is 1. The fourth-order valence-corrected chi connectivity index (χ4v) is 4.42. The van der Waals surface area contributed by atoms with Gasteiger partial charge in [-0.05, 0) is 56.0 Å². The predicted molar refractivity (Wildman–Crippen MR) is 99.0 cm³/mol. The molecule has 2 unspecified atom stereocenters. The molecule has 3 atom stereocenters. The lowest BCUT2D eigenvalue weighted by atomic mass is 9.99. The molecule has 2 N–H and O–H groups in total. The summed E-state index contributed by atoms with van der Waals surface area (Å²) in [5.41, 5.74) is 2.54. The van der Waals surface area contributed by atoms with Crippen molar-refractivity contribution in [2.24, 2.45) is 0 Å². The van der Waals surface area contributed by atoms with Crippen molar-refractivity contribution >= 4 is 16.8 Å². The van der Waals surface area contributed by atoms with E-state index < -0.39 is 0 Å². The molecule has 1 amide bonds. The van der Waals surface area contributed by atoms with Crippen molar-refractivity contribution in [2.45, 2.75) is 43.7 Å². The highest BCUT2D eigenvalue weighted by atomic mass is 16.5. The largest absolute Gasteiger partial charge is 0.501 e. The monoisotopic (exact) mass is 352 g/mol. The van der Waals surface area contributed by atoms with Crippen LogP contribution in [0.5, 0.6) is 0 Å². The maximum absolute atomic E-state index is 12.9. The molecular formula is C20H24N4O2. The van der Waals surface area contributed by atoms with Gasteiger partial charge in [-0.15, -0.1) is 0 Å². The van der Waals surface area contributed by atoms with Crippen LogP contribution in [-0.2, 0) is 4.74 Å². The molecular weight excluding hydrogens is 328 g/mol. The molecule has 1 aromatic carbocycles. The van der Waals surface area contributed by atoms with Crippen LogP contribution in [0.3, 0.4) is 0 Å². The minimum absolute atomic E-state index is 0.0735. The van der Waals surface area contributed by atoms with E-state index in [1.54, 1.807) is 6.26 Å². The first-order valence-electron chi connectivity index (χ1n) is 9.59. The molecule has 0 radical (unpaired) electrons. The van der Waals surface area contributed by atoms with E-state index in [0.717, 1.165) is 35.5 Å². The van der Waals surface area contributed by atoms with Gasteiger partial charge in [-0.2, -0.15) is 5.10 Å². The molecule has 26 heavy (non-hydrogen) atoms. The van der Waals surface area contributed by atoms with Crippen LogP contribution in [0.4, 0.5) is 0 Å².